The van der Waals surface area contributed by atoms with Gasteiger partial charge in [-0.05, 0) is 18.2 Å². The average molecular weight is 530 g/mol. The molecule has 1 heterocycles. The Morgan fingerprint density at radius 2 is 2.07 bits per heavy atom. The molecule has 0 unspecified atom stereocenters. The minimum atomic E-state index is -2.91. The molecule has 0 bridgehead atoms. The number of hydrogen-bond donors (Lipinski definition) is 2. The lowest BCUT2D eigenvalue weighted by molar-refractivity contribution is -0.0504. The molecular weight excluding hydrogens is 507 g/mol. The molecular formula is C17H23ClF2IN5O2. The maximum Gasteiger partial charge on any atom is 0.387 e. The van der Waals surface area contributed by atoms with Gasteiger partial charge in [-0.2, -0.15) is 13.8 Å². The van der Waals surface area contributed by atoms with Crippen molar-refractivity contribution in [2.45, 2.75) is 39.3 Å². The molecule has 0 aliphatic heterocycles. The van der Waals surface area contributed by atoms with E-state index in [2.05, 4.69) is 30.5 Å². The van der Waals surface area contributed by atoms with Crippen molar-refractivity contribution in [3.63, 3.8) is 0 Å². The van der Waals surface area contributed by atoms with Crippen LogP contribution >= 0.6 is 35.6 Å². The van der Waals surface area contributed by atoms with Crippen LogP contribution in [0.3, 0.4) is 0 Å². The molecule has 0 aliphatic carbocycles. The first-order valence-corrected chi connectivity index (χ1v) is 8.77. The zero-order valence-electron chi connectivity index (χ0n) is 15.7. The molecule has 2 aromatic rings. The number of nitrogens with zero attached hydrogens (tertiary/aromatic N) is 3. The van der Waals surface area contributed by atoms with Gasteiger partial charge in [-0.15, -0.1) is 24.0 Å². The topological polar surface area (TPSA) is 84.6 Å². The van der Waals surface area contributed by atoms with Gasteiger partial charge in [0.05, 0.1) is 0 Å². The van der Waals surface area contributed by atoms with Gasteiger partial charge in [0.1, 0.15) is 5.75 Å². The Morgan fingerprint density at radius 3 is 2.68 bits per heavy atom. The number of aromatic nitrogens is 2. The summed E-state index contributed by atoms with van der Waals surface area (Å²) in [5, 5.41) is 10.4. The van der Waals surface area contributed by atoms with Crippen LogP contribution in [0.2, 0.25) is 5.02 Å². The van der Waals surface area contributed by atoms with Gasteiger partial charge >= 0.3 is 6.61 Å². The summed E-state index contributed by atoms with van der Waals surface area (Å²) in [6.45, 7) is 1.78. The summed E-state index contributed by atoms with van der Waals surface area (Å²) >= 11 is 5.94. The number of aliphatic imine (C=N–C) groups is 1. The molecule has 0 radical (unpaired) electrons. The SMILES string of the molecule is CN=C(NCCc1nc(C(C)C)no1)NCc1cc(Cl)ccc1OC(F)F.I. The van der Waals surface area contributed by atoms with E-state index in [-0.39, 0.29) is 42.2 Å². The van der Waals surface area contributed by atoms with Gasteiger partial charge in [-0.3, -0.25) is 4.99 Å². The largest absolute Gasteiger partial charge is 0.434 e. The first-order chi connectivity index (χ1) is 12.9. The van der Waals surface area contributed by atoms with Crippen LogP contribution < -0.4 is 15.4 Å². The minimum Gasteiger partial charge on any atom is -0.434 e. The van der Waals surface area contributed by atoms with E-state index in [0.29, 0.717) is 41.2 Å². The highest BCUT2D eigenvalue weighted by atomic mass is 127. The highest BCUT2D eigenvalue weighted by molar-refractivity contribution is 14.0. The second-order valence-electron chi connectivity index (χ2n) is 5.93. The molecule has 1 aromatic carbocycles. The van der Waals surface area contributed by atoms with Crippen molar-refractivity contribution < 1.29 is 18.0 Å². The number of hydrogen-bond acceptors (Lipinski definition) is 5. The third-order valence-electron chi connectivity index (χ3n) is 3.54. The Balaban J connectivity index is 0.00000392. The zero-order valence-corrected chi connectivity index (χ0v) is 18.8. The van der Waals surface area contributed by atoms with E-state index >= 15 is 0 Å². The number of alkyl halides is 2. The second kappa shape index (κ2) is 12.0. The first kappa shape index (κ1) is 24.3. The van der Waals surface area contributed by atoms with Crippen molar-refractivity contribution >= 4 is 41.5 Å². The lowest BCUT2D eigenvalue weighted by Gasteiger charge is -2.14. The van der Waals surface area contributed by atoms with Crippen molar-refractivity contribution in [1.29, 1.82) is 0 Å². The highest BCUT2D eigenvalue weighted by Crippen LogP contribution is 2.24. The molecule has 0 spiro atoms. The van der Waals surface area contributed by atoms with E-state index in [1.54, 1.807) is 13.1 Å². The van der Waals surface area contributed by atoms with Crippen LogP contribution in [0.5, 0.6) is 5.75 Å². The molecule has 0 saturated carbocycles. The Hall–Kier alpha value is -1.69. The van der Waals surface area contributed by atoms with Crippen LogP contribution in [0.25, 0.3) is 0 Å². The van der Waals surface area contributed by atoms with Crippen molar-refractivity contribution in [2.75, 3.05) is 13.6 Å². The number of rotatable bonds is 8. The number of ether oxygens (including phenoxy) is 1. The summed E-state index contributed by atoms with van der Waals surface area (Å²) in [6, 6.07) is 4.46. The molecule has 0 atom stereocenters. The number of nitrogens with one attached hydrogen (secondary N) is 2. The van der Waals surface area contributed by atoms with Crippen LogP contribution in [-0.2, 0) is 13.0 Å². The molecule has 0 saturated heterocycles. The molecule has 7 nitrogen and oxygen atoms in total. The standard InChI is InChI=1S/C17H22ClF2N5O2.HI/c1-10(2)15-24-14(27-25-15)6-7-22-17(21-3)23-9-11-8-12(18)4-5-13(11)26-16(19)20;/h4-5,8,10,16H,6-7,9H2,1-3H3,(H2,21,22,23);1H. The van der Waals surface area contributed by atoms with Crippen LogP contribution in [-0.4, -0.2) is 36.3 Å². The van der Waals surface area contributed by atoms with E-state index in [9.17, 15) is 8.78 Å². The predicted molar refractivity (Wildman–Crippen MR) is 114 cm³/mol. The predicted octanol–water partition coefficient (Wildman–Crippen LogP) is 3.97. The fourth-order valence-corrected chi connectivity index (χ4v) is 2.38. The van der Waals surface area contributed by atoms with Gasteiger partial charge in [0, 0.05) is 43.1 Å². The normalized spacial score (nSPS) is 11.5. The monoisotopic (exact) mass is 529 g/mol. The fourth-order valence-electron chi connectivity index (χ4n) is 2.19. The maximum atomic E-state index is 12.5. The van der Waals surface area contributed by atoms with E-state index in [0.717, 1.165) is 0 Å². The molecule has 0 amide bonds. The lowest BCUT2D eigenvalue weighted by atomic mass is 10.2. The summed E-state index contributed by atoms with van der Waals surface area (Å²) < 4.78 is 34.7. The Kier molecular flexibility index (Phi) is 10.4. The molecule has 0 fully saturated rings. The van der Waals surface area contributed by atoms with Gasteiger partial charge in [0.15, 0.2) is 11.8 Å². The summed E-state index contributed by atoms with van der Waals surface area (Å²) in [5.41, 5.74) is 0.490. The van der Waals surface area contributed by atoms with Gasteiger partial charge in [-0.25, -0.2) is 0 Å². The van der Waals surface area contributed by atoms with Gasteiger partial charge in [0.2, 0.25) is 5.89 Å². The summed E-state index contributed by atoms with van der Waals surface area (Å²) in [6.07, 6.45) is 0.525. The minimum absolute atomic E-state index is 0. The number of halogens is 4. The Morgan fingerprint density at radius 1 is 1.32 bits per heavy atom. The first-order valence-electron chi connectivity index (χ1n) is 8.39. The van der Waals surface area contributed by atoms with Gasteiger partial charge in [0.25, 0.3) is 0 Å². The number of guanidine groups is 1. The van der Waals surface area contributed by atoms with E-state index in [4.69, 9.17) is 16.1 Å². The molecule has 11 heteroatoms. The third-order valence-corrected chi connectivity index (χ3v) is 3.78. The van der Waals surface area contributed by atoms with Crippen molar-refractivity contribution in [3.8, 4) is 5.75 Å². The van der Waals surface area contributed by atoms with Crippen LogP contribution in [0, 0.1) is 0 Å². The van der Waals surface area contributed by atoms with Crippen molar-refractivity contribution in [2.24, 2.45) is 4.99 Å². The third kappa shape index (κ3) is 7.74. The highest BCUT2D eigenvalue weighted by Gasteiger charge is 2.12. The van der Waals surface area contributed by atoms with Crippen LogP contribution in [0.15, 0.2) is 27.7 Å². The fraction of sp³-hybridized carbons (Fsp3) is 0.471. The molecule has 2 rings (SSSR count). The van der Waals surface area contributed by atoms with Crippen LogP contribution in [0.4, 0.5) is 8.78 Å². The quantitative estimate of drug-likeness (QED) is 0.306. The van der Waals surface area contributed by atoms with E-state index in [1.807, 2.05) is 13.8 Å². The molecule has 0 aliphatic rings. The summed E-state index contributed by atoms with van der Waals surface area (Å²) in [5.74, 6) is 1.95. The lowest BCUT2D eigenvalue weighted by Crippen LogP contribution is -2.38. The smallest absolute Gasteiger partial charge is 0.387 e. The Bertz CT molecular complexity index is 774. The molecule has 1 aromatic heterocycles. The molecule has 2 N–H and O–H groups in total. The second-order valence-corrected chi connectivity index (χ2v) is 6.37. The van der Waals surface area contributed by atoms with Gasteiger partial charge in [-0.1, -0.05) is 30.6 Å². The summed E-state index contributed by atoms with van der Waals surface area (Å²) in [4.78, 5) is 8.38. The van der Waals surface area contributed by atoms with Crippen molar-refractivity contribution in [3.05, 3.63) is 40.5 Å². The number of benzene rings is 1. The maximum absolute atomic E-state index is 12.5. The molecule has 28 heavy (non-hydrogen) atoms. The Labute approximate surface area is 184 Å². The molecule has 156 valence electrons. The van der Waals surface area contributed by atoms with Gasteiger partial charge < -0.3 is 19.9 Å². The van der Waals surface area contributed by atoms with E-state index < -0.39 is 6.61 Å². The average Bonchev–Trinajstić information content (AvgIpc) is 3.09. The van der Waals surface area contributed by atoms with Crippen molar-refractivity contribution in [1.82, 2.24) is 20.8 Å². The summed E-state index contributed by atoms with van der Waals surface area (Å²) in [7, 11) is 1.60. The van der Waals surface area contributed by atoms with Crippen LogP contribution in [0.1, 0.15) is 37.0 Å². The van der Waals surface area contributed by atoms with E-state index in [1.165, 1.54) is 12.1 Å². The zero-order chi connectivity index (χ0) is 19.8.